The third kappa shape index (κ3) is 1.35. The lowest BCUT2D eigenvalue weighted by molar-refractivity contribution is 0.177. The molecule has 2 aliphatic rings. The van der Waals surface area contributed by atoms with E-state index >= 15 is 0 Å². The summed E-state index contributed by atoms with van der Waals surface area (Å²) in [5.41, 5.74) is 0.920. The fraction of sp³-hybridized carbons (Fsp3) is 0.500. The first-order valence-electron chi connectivity index (χ1n) is 6.02. The predicted molar refractivity (Wildman–Crippen MR) is 63.9 cm³/mol. The van der Waals surface area contributed by atoms with Crippen molar-refractivity contribution in [1.82, 2.24) is 15.0 Å². The number of ether oxygens (including phenoxy) is 1. The van der Waals surface area contributed by atoms with E-state index in [9.17, 15) is 0 Å². The van der Waals surface area contributed by atoms with Gasteiger partial charge >= 0.3 is 0 Å². The summed E-state index contributed by atoms with van der Waals surface area (Å²) in [5.74, 6) is 2.42. The molecule has 2 atom stereocenters. The number of anilines is 1. The summed E-state index contributed by atoms with van der Waals surface area (Å²) in [4.78, 5) is 14.2. The van der Waals surface area contributed by atoms with Crippen molar-refractivity contribution in [2.24, 2.45) is 11.8 Å². The summed E-state index contributed by atoms with van der Waals surface area (Å²) in [5, 5.41) is 1.12. The molecule has 2 aromatic heterocycles. The standard InChI is InChI=1S/C12H14N4O/c1-2-13-11-10(1)12(15-7-14-11)16-3-8-5-17-6-9(8)4-16/h1-2,7-9H,3-6H2,(H,13,14,15)/t8-,9+. The predicted octanol–water partition coefficient (Wildman–Crippen LogP) is 1.04. The number of nitrogens with zero attached hydrogens (tertiary/aromatic N) is 3. The van der Waals surface area contributed by atoms with Gasteiger partial charge in [0.2, 0.25) is 0 Å². The zero-order chi connectivity index (χ0) is 11.2. The molecule has 2 aromatic rings. The highest BCUT2D eigenvalue weighted by atomic mass is 16.5. The third-order valence-electron chi connectivity index (χ3n) is 3.87. The van der Waals surface area contributed by atoms with Crippen molar-refractivity contribution in [1.29, 1.82) is 0 Å². The van der Waals surface area contributed by atoms with E-state index in [0.717, 1.165) is 43.2 Å². The van der Waals surface area contributed by atoms with Crippen LogP contribution in [0, 0.1) is 11.8 Å². The molecule has 0 bridgehead atoms. The van der Waals surface area contributed by atoms with E-state index in [2.05, 4.69) is 25.9 Å². The Kier molecular flexibility index (Phi) is 1.90. The smallest absolute Gasteiger partial charge is 0.142 e. The summed E-state index contributed by atoms with van der Waals surface area (Å²) in [7, 11) is 0. The largest absolute Gasteiger partial charge is 0.381 e. The first kappa shape index (κ1) is 9.41. The summed E-state index contributed by atoms with van der Waals surface area (Å²) < 4.78 is 5.50. The Morgan fingerprint density at radius 2 is 2.06 bits per heavy atom. The topological polar surface area (TPSA) is 54.0 Å². The Balaban J connectivity index is 1.73. The molecule has 0 saturated carbocycles. The van der Waals surface area contributed by atoms with Crippen molar-refractivity contribution in [2.45, 2.75) is 0 Å². The molecule has 0 amide bonds. The molecule has 2 fully saturated rings. The summed E-state index contributed by atoms with van der Waals surface area (Å²) >= 11 is 0. The van der Waals surface area contributed by atoms with E-state index in [0.29, 0.717) is 11.8 Å². The molecule has 4 rings (SSSR count). The molecule has 0 aromatic carbocycles. The van der Waals surface area contributed by atoms with Crippen molar-refractivity contribution in [3.05, 3.63) is 18.6 Å². The molecule has 0 radical (unpaired) electrons. The lowest BCUT2D eigenvalue weighted by atomic mass is 10.0. The fourth-order valence-electron chi connectivity index (χ4n) is 2.97. The molecule has 5 nitrogen and oxygen atoms in total. The van der Waals surface area contributed by atoms with Crippen molar-refractivity contribution >= 4 is 16.9 Å². The van der Waals surface area contributed by atoms with Gasteiger partial charge in [0.1, 0.15) is 17.8 Å². The van der Waals surface area contributed by atoms with E-state index in [1.165, 1.54) is 0 Å². The number of fused-ring (bicyclic) bond motifs is 2. The van der Waals surface area contributed by atoms with Crippen molar-refractivity contribution in [3.8, 4) is 0 Å². The van der Waals surface area contributed by atoms with E-state index in [-0.39, 0.29) is 0 Å². The molecule has 2 saturated heterocycles. The average Bonchev–Trinajstić information content (AvgIpc) is 3.02. The number of rotatable bonds is 1. The number of nitrogens with one attached hydrogen (secondary N) is 1. The molecule has 4 heterocycles. The number of aromatic nitrogens is 3. The van der Waals surface area contributed by atoms with Crippen molar-refractivity contribution in [3.63, 3.8) is 0 Å². The molecule has 0 aliphatic carbocycles. The van der Waals surface area contributed by atoms with Crippen LogP contribution in [0.4, 0.5) is 5.82 Å². The van der Waals surface area contributed by atoms with Gasteiger partial charge in [0.25, 0.3) is 0 Å². The van der Waals surface area contributed by atoms with Gasteiger partial charge in [-0.2, -0.15) is 0 Å². The van der Waals surface area contributed by atoms with E-state index in [1.807, 2.05) is 6.20 Å². The number of hydrogen-bond acceptors (Lipinski definition) is 4. The summed E-state index contributed by atoms with van der Waals surface area (Å²) in [6, 6.07) is 2.05. The maximum Gasteiger partial charge on any atom is 0.142 e. The van der Waals surface area contributed by atoms with Crippen molar-refractivity contribution < 1.29 is 4.74 Å². The minimum absolute atomic E-state index is 0.680. The zero-order valence-electron chi connectivity index (χ0n) is 9.47. The Bertz CT molecular complexity index is 540. The Labute approximate surface area is 98.8 Å². The van der Waals surface area contributed by atoms with Crippen LogP contribution < -0.4 is 4.90 Å². The Morgan fingerprint density at radius 1 is 1.24 bits per heavy atom. The Hall–Kier alpha value is -1.62. The minimum Gasteiger partial charge on any atom is -0.381 e. The Morgan fingerprint density at radius 3 is 2.88 bits per heavy atom. The SMILES string of the molecule is c1nc(N2C[C@H]3COC[C@H]3C2)c2cc[nH]c2n1. The lowest BCUT2D eigenvalue weighted by Crippen LogP contribution is -2.23. The molecule has 17 heavy (non-hydrogen) atoms. The first-order chi connectivity index (χ1) is 8.42. The number of H-pyrrole nitrogens is 1. The second-order valence-electron chi connectivity index (χ2n) is 4.90. The maximum atomic E-state index is 5.50. The highest BCUT2D eigenvalue weighted by Crippen LogP contribution is 2.33. The van der Waals surface area contributed by atoms with Crippen LogP contribution in [0.3, 0.4) is 0 Å². The van der Waals surface area contributed by atoms with E-state index < -0.39 is 0 Å². The lowest BCUT2D eigenvalue weighted by Gasteiger charge is -2.18. The fourth-order valence-corrected chi connectivity index (χ4v) is 2.97. The van der Waals surface area contributed by atoms with E-state index in [4.69, 9.17) is 4.74 Å². The number of hydrogen-bond donors (Lipinski definition) is 1. The molecule has 0 unspecified atom stereocenters. The first-order valence-corrected chi connectivity index (χ1v) is 6.02. The summed E-state index contributed by atoms with van der Waals surface area (Å²) in [6.45, 7) is 3.93. The van der Waals surface area contributed by atoms with Crippen LogP contribution in [0.1, 0.15) is 0 Å². The van der Waals surface area contributed by atoms with Gasteiger partial charge in [0.05, 0.1) is 18.6 Å². The molecule has 5 heteroatoms. The van der Waals surface area contributed by atoms with Gasteiger partial charge in [-0.25, -0.2) is 9.97 Å². The quantitative estimate of drug-likeness (QED) is 0.795. The minimum atomic E-state index is 0.680. The van der Waals surface area contributed by atoms with Crippen LogP contribution in [0.2, 0.25) is 0 Å². The molecule has 2 aliphatic heterocycles. The monoisotopic (exact) mass is 230 g/mol. The normalized spacial score (nSPS) is 27.9. The van der Waals surface area contributed by atoms with Gasteiger partial charge in [0.15, 0.2) is 0 Å². The summed E-state index contributed by atoms with van der Waals surface area (Å²) in [6.07, 6.45) is 3.56. The third-order valence-corrected chi connectivity index (χ3v) is 3.87. The molecule has 0 spiro atoms. The van der Waals surface area contributed by atoms with Gasteiger partial charge in [-0.1, -0.05) is 0 Å². The van der Waals surface area contributed by atoms with Crippen LogP contribution in [0.5, 0.6) is 0 Å². The van der Waals surface area contributed by atoms with Gasteiger partial charge in [-0.05, 0) is 6.07 Å². The van der Waals surface area contributed by atoms with Crippen LogP contribution in [0.15, 0.2) is 18.6 Å². The maximum absolute atomic E-state index is 5.50. The molecule has 88 valence electrons. The second-order valence-corrected chi connectivity index (χ2v) is 4.90. The van der Waals surface area contributed by atoms with Crippen molar-refractivity contribution in [2.75, 3.05) is 31.2 Å². The number of aromatic amines is 1. The second kappa shape index (κ2) is 3.43. The van der Waals surface area contributed by atoms with Gasteiger partial charge in [0, 0.05) is 31.1 Å². The highest BCUT2D eigenvalue weighted by Gasteiger charge is 2.38. The van der Waals surface area contributed by atoms with Gasteiger partial charge in [-0.15, -0.1) is 0 Å². The van der Waals surface area contributed by atoms with Crippen LogP contribution in [-0.4, -0.2) is 41.3 Å². The molecular formula is C12H14N4O. The average molecular weight is 230 g/mol. The van der Waals surface area contributed by atoms with Gasteiger partial charge in [-0.3, -0.25) is 0 Å². The van der Waals surface area contributed by atoms with Crippen LogP contribution in [0.25, 0.3) is 11.0 Å². The zero-order valence-corrected chi connectivity index (χ0v) is 9.47. The van der Waals surface area contributed by atoms with Crippen LogP contribution in [-0.2, 0) is 4.74 Å². The highest BCUT2D eigenvalue weighted by molar-refractivity contribution is 5.87. The van der Waals surface area contributed by atoms with Gasteiger partial charge < -0.3 is 14.6 Å². The molecule has 1 N–H and O–H groups in total. The van der Waals surface area contributed by atoms with Crippen LogP contribution >= 0.6 is 0 Å². The van der Waals surface area contributed by atoms with E-state index in [1.54, 1.807) is 6.33 Å². The molecular weight excluding hydrogens is 216 g/mol.